The first-order chi connectivity index (χ1) is 17.1. The van der Waals surface area contributed by atoms with Crippen molar-refractivity contribution < 1.29 is 18.6 Å². The number of aromatic nitrogens is 3. The highest BCUT2D eigenvalue weighted by molar-refractivity contribution is 8.01. The molecule has 0 unspecified atom stereocenters. The maximum absolute atomic E-state index is 5.84. The van der Waals surface area contributed by atoms with Crippen molar-refractivity contribution in [3.63, 3.8) is 0 Å². The molecular formula is C25H37B2N3O4S2. The van der Waals surface area contributed by atoms with Gasteiger partial charge in [-0.3, -0.25) is 0 Å². The van der Waals surface area contributed by atoms with Crippen LogP contribution in [0.25, 0.3) is 0 Å². The zero-order chi connectivity index (χ0) is 25.8. The lowest BCUT2D eigenvalue weighted by molar-refractivity contribution is 0.365. The van der Waals surface area contributed by atoms with Gasteiger partial charge in [-0.1, -0.05) is 83.3 Å². The summed E-state index contributed by atoms with van der Waals surface area (Å²) in [6.07, 6.45) is 3.77. The van der Waals surface area contributed by atoms with Crippen LogP contribution in [0.15, 0.2) is 28.5 Å². The molecule has 2 aromatic rings. The lowest BCUT2D eigenvalue weighted by atomic mass is 9.69. The highest BCUT2D eigenvalue weighted by Crippen LogP contribution is 2.33. The summed E-state index contributed by atoms with van der Waals surface area (Å²) in [6, 6.07) is 6.39. The van der Waals surface area contributed by atoms with Crippen molar-refractivity contribution >= 4 is 48.7 Å². The number of thioether (sulfide) groups is 2. The molecule has 0 aliphatic carbocycles. The molecule has 2 fully saturated rings. The van der Waals surface area contributed by atoms with E-state index in [1.165, 1.54) is 5.56 Å². The first-order valence-electron chi connectivity index (χ1n) is 12.8. The van der Waals surface area contributed by atoms with Gasteiger partial charge in [0.2, 0.25) is 0 Å². The number of hydrogen-bond donors (Lipinski definition) is 0. The van der Waals surface area contributed by atoms with Crippen molar-refractivity contribution in [3.05, 3.63) is 29.6 Å². The van der Waals surface area contributed by atoms with Crippen molar-refractivity contribution in [3.8, 4) is 0 Å². The van der Waals surface area contributed by atoms with Crippen LogP contribution in [-0.4, -0.2) is 65.1 Å². The topological polar surface area (TPSA) is 75.6 Å². The van der Waals surface area contributed by atoms with E-state index >= 15 is 0 Å². The predicted molar refractivity (Wildman–Crippen MR) is 149 cm³/mol. The van der Waals surface area contributed by atoms with E-state index < -0.39 is 0 Å². The molecule has 2 aliphatic heterocycles. The van der Waals surface area contributed by atoms with Crippen LogP contribution in [0.3, 0.4) is 0 Å². The van der Waals surface area contributed by atoms with E-state index in [1.807, 2.05) is 0 Å². The smallest absolute Gasteiger partial charge is 0.405 e. The Bertz CT molecular complexity index is 987. The number of hydrogen-bond acceptors (Lipinski definition) is 9. The van der Waals surface area contributed by atoms with Gasteiger partial charge in [0, 0.05) is 15.9 Å². The van der Waals surface area contributed by atoms with E-state index in [4.69, 9.17) is 33.6 Å². The molecule has 2 saturated heterocycles. The van der Waals surface area contributed by atoms with Crippen LogP contribution < -0.4 is 10.9 Å². The highest BCUT2D eigenvalue weighted by atomic mass is 32.2. The van der Waals surface area contributed by atoms with E-state index in [1.54, 1.807) is 23.5 Å². The van der Waals surface area contributed by atoms with Crippen molar-refractivity contribution in [2.24, 2.45) is 0 Å². The maximum atomic E-state index is 5.84. The van der Waals surface area contributed by atoms with Gasteiger partial charge in [0.15, 0.2) is 10.3 Å². The van der Waals surface area contributed by atoms with E-state index in [9.17, 15) is 0 Å². The molecular weight excluding hydrogens is 492 g/mol. The second-order valence-electron chi connectivity index (χ2n) is 11.1. The second kappa shape index (κ2) is 12.2. The second-order valence-corrected chi connectivity index (χ2v) is 14.6. The SMILES string of the molecule is CC(C)(C)Sc1nc(CCCCc2ccc(B3OCCO3)cc2B2OCCO2)nc(SC(C)(C)C)n1. The molecule has 194 valence electrons. The van der Waals surface area contributed by atoms with Crippen LogP contribution >= 0.6 is 23.5 Å². The largest absolute Gasteiger partial charge is 0.494 e. The van der Waals surface area contributed by atoms with Gasteiger partial charge in [0.1, 0.15) is 5.82 Å². The number of aryl methyl sites for hydroxylation is 2. The zero-order valence-corrected chi connectivity index (χ0v) is 24.0. The minimum absolute atomic E-state index is 0.0455. The Morgan fingerprint density at radius 2 is 1.25 bits per heavy atom. The van der Waals surface area contributed by atoms with Gasteiger partial charge in [-0.15, -0.1) is 0 Å². The van der Waals surface area contributed by atoms with Gasteiger partial charge in [-0.2, -0.15) is 4.98 Å². The number of nitrogens with zero attached hydrogens (tertiary/aromatic N) is 3. The molecule has 0 amide bonds. The zero-order valence-electron chi connectivity index (χ0n) is 22.3. The van der Waals surface area contributed by atoms with Crippen LogP contribution in [0, 0.1) is 0 Å². The molecule has 7 nitrogen and oxygen atoms in total. The molecule has 2 aliphatic rings. The molecule has 1 aromatic heterocycles. The van der Waals surface area contributed by atoms with Crippen LogP contribution in [-0.2, 0) is 31.5 Å². The maximum Gasteiger partial charge on any atom is 0.494 e. The molecule has 11 heteroatoms. The molecule has 1 aromatic carbocycles. The quantitative estimate of drug-likeness (QED) is 0.275. The van der Waals surface area contributed by atoms with E-state index in [-0.39, 0.29) is 23.7 Å². The summed E-state index contributed by atoms with van der Waals surface area (Å²) in [6.45, 7) is 15.6. The Morgan fingerprint density at radius 3 is 1.81 bits per heavy atom. The van der Waals surface area contributed by atoms with Crippen LogP contribution in [0.5, 0.6) is 0 Å². The Morgan fingerprint density at radius 1 is 0.722 bits per heavy atom. The highest BCUT2D eigenvalue weighted by Gasteiger charge is 2.32. The first kappa shape index (κ1) is 27.9. The van der Waals surface area contributed by atoms with Crippen LogP contribution in [0.1, 0.15) is 65.8 Å². The number of rotatable bonds is 9. The third kappa shape index (κ3) is 8.46. The standard InChI is InChI=1S/C25H37B2N3O4S2/c1-24(2,3)35-22-28-21(29-23(30-22)36-25(4,5)6)10-8-7-9-18-11-12-19(26-31-13-14-32-26)17-20(18)27-33-15-16-34-27/h11-12,17H,7-10,13-16H2,1-6H3. The molecule has 0 N–H and O–H groups in total. The average Bonchev–Trinajstić information content (AvgIpc) is 3.48. The van der Waals surface area contributed by atoms with Crippen molar-refractivity contribution in [2.45, 2.75) is 87.0 Å². The molecule has 0 radical (unpaired) electrons. The predicted octanol–water partition coefficient (Wildman–Crippen LogP) is 3.70. The summed E-state index contributed by atoms with van der Waals surface area (Å²) in [4.78, 5) is 14.3. The van der Waals surface area contributed by atoms with Gasteiger partial charge in [-0.05, 0) is 35.8 Å². The van der Waals surface area contributed by atoms with Gasteiger partial charge in [0.25, 0.3) is 0 Å². The van der Waals surface area contributed by atoms with Crippen LogP contribution in [0.4, 0.5) is 0 Å². The fourth-order valence-corrected chi connectivity index (χ4v) is 5.74. The normalized spacial score (nSPS) is 16.8. The average molecular weight is 529 g/mol. The summed E-state index contributed by atoms with van der Waals surface area (Å²) < 4.78 is 23.2. The third-order valence-electron chi connectivity index (χ3n) is 5.47. The molecule has 0 atom stereocenters. The lowest BCUT2D eigenvalue weighted by Crippen LogP contribution is -2.41. The Hall–Kier alpha value is -1.10. The number of unbranched alkanes of at least 4 members (excludes halogenated alkanes) is 1. The van der Waals surface area contributed by atoms with Gasteiger partial charge < -0.3 is 18.6 Å². The summed E-state index contributed by atoms with van der Waals surface area (Å²) in [5.74, 6) is 0.872. The minimum Gasteiger partial charge on any atom is -0.405 e. The van der Waals surface area contributed by atoms with Crippen molar-refractivity contribution in [2.75, 3.05) is 26.4 Å². The molecule has 4 rings (SSSR count). The van der Waals surface area contributed by atoms with Gasteiger partial charge in [0.05, 0.1) is 26.4 Å². The molecule has 0 spiro atoms. The van der Waals surface area contributed by atoms with E-state index in [0.717, 1.165) is 52.7 Å². The fraction of sp³-hybridized carbons (Fsp3) is 0.640. The molecule has 0 saturated carbocycles. The van der Waals surface area contributed by atoms with Gasteiger partial charge >= 0.3 is 14.2 Å². The summed E-state index contributed by atoms with van der Waals surface area (Å²) >= 11 is 3.39. The summed E-state index contributed by atoms with van der Waals surface area (Å²) in [5, 5.41) is 1.62. The van der Waals surface area contributed by atoms with E-state index in [2.05, 4.69) is 59.7 Å². The monoisotopic (exact) mass is 529 g/mol. The first-order valence-corrected chi connectivity index (χ1v) is 14.4. The Balaban J connectivity index is 1.42. The van der Waals surface area contributed by atoms with Crippen molar-refractivity contribution in [1.82, 2.24) is 15.0 Å². The summed E-state index contributed by atoms with van der Waals surface area (Å²) in [7, 11) is -0.623. The summed E-state index contributed by atoms with van der Waals surface area (Å²) in [5.41, 5.74) is 3.34. The Kier molecular flexibility index (Phi) is 9.44. The minimum atomic E-state index is -0.321. The van der Waals surface area contributed by atoms with E-state index in [0.29, 0.717) is 26.4 Å². The fourth-order valence-electron chi connectivity index (χ4n) is 4.02. The number of benzene rings is 1. The molecule has 36 heavy (non-hydrogen) atoms. The third-order valence-corrected chi connectivity index (χ3v) is 7.43. The van der Waals surface area contributed by atoms with Crippen LogP contribution in [0.2, 0.25) is 0 Å². The molecule has 3 heterocycles. The Labute approximate surface area is 224 Å². The lowest BCUT2D eigenvalue weighted by Gasteiger charge is -2.19. The van der Waals surface area contributed by atoms with Crippen molar-refractivity contribution in [1.29, 1.82) is 0 Å². The van der Waals surface area contributed by atoms with Gasteiger partial charge in [-0.25, -0.2) is 9.97 Å². The molecule has 0 bridgehead atoms.